The van der Waals surface area contributed by atoms with Crippen molar-refractivity contribution in [2.75, 3.05) is 17.6 Å². The number of carbonyl (C=O) groups is 2. The van der Waals surface area contributed by atoms with E-state index in [1.807, 2.05) is 4.57 Å². The monoisotopic (exact) mass is 638 g/mol. The molecule has 0 bridgehead atoms. The Morgan fingerprint density at radius 2 is 1.90 bits per heavy atom. The SMILES string of the molecule is C=C(F)C(=O)Nc1ccc(-c2c(-c3cnc(C(=O)NCC(F)(F)F)c(Cl)c3)c3c(N)ncc(Br)c3n2C)c(C)c1. The number of halogens is 6. The van der Waals surface area contributed by atoms with E-state index in [0.717, 1.165) is 0 Å². The molecule has 0 aliphatic rings. The number of benzene rings is 1. The zero-order valence-electron chi connectivity index (χ0n) is 20.9. The fourth-order valence-corrected chi connectivity index (χ4v) is 5.09. The van der Waals surface area contributed by atoms with E-state index >= 15 is 0 Å². The summed E-state index contributed by atoms with van der Waals surface area (Å²) in [4.78, 5) is 32.3. The van der Waals surface area contributed by atoms with Crippen molar-refractivity contribution < 1.29 is 27.2 Å². The Labute approximate surface area is 238 Å². The molecule has 0 atom stereocenters. The summed E-state index contributed by atoms with van der Waals surface area (Å²) < 4.78 is 53.4. The number of pyridine rings is 2. The molecule has 8 nitrogen and oxygen atoms in total. The van der Waals surface area contributed by atoms with Gasteiger partial charge in [-0.05, 0) is 46.6 Å². The Morgan fingerprint density at radius 1 is 1.20 bits per heavy atom. The van der Waals surface area contributed by atoms with Crippen molar-refractivity contribution in [3.05, 3.63) is 69.8 Å². The molecular weight excluding hydrogens is 620 g/mol. The van der Waals surface area contributed by atoms with Crippen molar-refractivity contribution in [3.63, 3.8) is 0 Å². The van der Waals surface area contributed by atoms with Gasteiger partial charge in [0.2, 0.25) is 0 Å². The van der Waals surface area contributed by atoms with Gasteiger partial charge in [0.1, 0.15) is 18.1 Å². The predicted molar refractivity (Wildman–Crippen MR) is 149 cm³/mol. The van der Waals surface area contributed by atoms with Crippen molar-refractivity contribution in [1.82, 2.24) is 19.9 Å². The van der Waals surface area contributed by atoms with Crippen LogP contribution in [0.1, 0.15) is 16.1 Å². The zero-order valence-corrected chi connectivity index (χ0v) is 23.2. The highest BCUT2D eigenvalue weighted by molar-refractivity contribution is 9.10. The van der Waals surface area contributed by atoms with Gasteiger partial charge in [0, 0.05) is 41.8 Å². The molecule has 0 aliphatic heterocycles. The molecule has 0 saturated carbocycles. The number of nitrogens with two attached hydrogens (primary N) is 1. The van der Waals surface area contributed by atoms with Gasteiger partial charge in [-0.3, -0.25) is 9.59 Å². The molecule has 3 aromatic heterocycles. The van der Waals surface area contributed by atoms with Crippen molar-refractivity contribution >= 4 is 61.8 Å². The smallest absolute Gasteiger partial charge is 0.383 e. The molecule has 0 fully saturated rings. The third kappa shape index (κ3) is 5.65. The summed E-state index contributed by atoms with van der Waals surface area (Å²) in [6.07, 6.45) is -1.75. The molecule has 4 N–H and O–H groups in total. The highest BCUT2D eigenvalue weighted by atomic mass is 79.9. The molecule has 0 saturated heterocycles. The second-order valence-corrected chi connectivity index (χ2v) is 10.0. The van der Waals surface area contributed by atoms with Crippen LogP contribution in [0.15, 0.2) is 53.5 Å². The Kier molecular flexibility index (Phi) is 7.90. The predicted octanol–water partition coefficient (Wildman–Crippen LogP) is 6.32. The largest absolute Gasteiger partial charge is 0.405 e. The Balaban J connectivity index is 1.90. The number of hydrogen-bond donors (Lipinski definition) is 3. The van der Waals surface area contributed by atoms with Gasteiger partial charge in [0.25, 0.3) is 11.8 Å². The number of hydrogen-bond acceptors (Lipinski definition) is 5. The first-order chi connectivity index (χ1) is 18.7. The third-order valence-corrected chi connectivity index (χ3v) is 6.84. The number of alkyl halides is 3. The van der Waals surface area contributed by atoms with Gasteiger partial charge in [-0.15, -0.1) is 0 Å². The topological polar surface area (TPSA) is 115 Å². The highest BCUT2D eigenvalue weighted by Gasteiger charge is 2.29. The normalized spacial score (nSPS) is 11.5. The number of rotatable bonds is 6. The summed E-state index contributed by atoms with van der Waals surface area (Å²) >= 11 is 9.84. The van der Waals surface area contributed by atoms with Crippen LogP contribution in [-0.4, -0.2) is 39.1 Å². The number of nitrogens with zero attached hydrogens (tertiary/aromatic N) is 3. The first-order valence-corrected chi connectivity index (χ1v) is 12.6. The minimum Gasteiger partial charge on any atom is -0.383 e. The van der Waals surface area contributed by atoms with E-state index in [-0.39, 0.29) is 16.5 Å². The second-order valence-electron chi connectivity index (χ2n) is 8.74. The summed E-state index contributed by atoms with van der Waals surface area (Å²) in [5, 5.41) is 4.52. The van der Waals surface area contributed by atoms with Gasteiger partial charge in [0.15, 0.2) is 5.83 Å². The summed E-state index contributed by atoms with van der Waals surface area (Å²) in [7, 11) is 1.79. The molecule has 0 aliphatic carbocycles. The van der Waals surface area contributed by atoms with E-state index in [0.29, 0.717) is 49.0 Å². The summed E-state index contributed by atoms with van der Waals surface area (Å²) in [6, 6.07) is 6.36. The fourth-order valence-electron chi connectivity index (χ4n) is 4.27. The summed E-state index contributed by atoms with van der Waals surface area (Å²) in [5.74, 6) is -3.01. The summed E-state index contributed by atoms with van der Waals surface area (Å²) in [6.45, 7) is 3.23. The fraction of sp³-hybridized carbons (Fsp3) is 0.154. The Morgan fingerprint density at radius 3 is 2.50 bits per heavy atom. The van der Waals surface area contributed by atoms with E-state index in [4.69, 9.17) is 17.3 Å². The maximum absolute atomic E-state index is 13.2. The maximum Gasteiger partial charge on any atom is 0.405 e. The van der Waals surface area contributed by atoms with Gasteiger partial charge in [-0.2, -0.15) is 13.2 Å². The molecule has 0 spiro atoms. The first-order valence-electron chi connectivity index (χ1n) is 11.4. The molecular formula is C26H20BrClF4N6O2. The van der Waals surface area contributed by atoms with Crippen LogP contribution in [0, 0.1) is 6.92 Å². The standard InChI is InChI=1S/C26H20BrClF4N6O2/c1-11-6-14(37-24(39)12(2)29)4-5-15(11)21-18(19-22(38(21)3)16(27)9-35-23(19)33)13-7-17(28)20(34-8-13)25(40)36-10-26(30,31)32/h4-9H,2,10H2,1,3H3,(H2,33,35)(H,36,40)(H,37,39). The van der Waals surface area contributed by atoms with Crippen LogP contribution >= 0.6 is 27.5 Å². The van der Waals surface area contributed by atoms with Gasteiger partial charge in [0.05, 0.1) is 26.1 Å². The lowest BCUT2D eigenvalue weighted by Crippen LogP contribution is -2.34. The third-order valence-electron chi connectivity index (χ3n) is 5.97. The number of aryl methyl sites for hydroxylation is 2. The van der Waals surface area contributed by atoms with E-state index < -0.39 is 30.4 Å². The van der Waals surface area contributed by atoms with Crippen molar-refractivity contribution in [2.24, 2.45) is 7.05 Å². The highest BCUT2D eigenvalue weighted by Crippen LogP contribution is 2.45. The lowest BCUT2D eigenvalue weighted by molar-refractivity contribution is -0.123. The quantitative estimate of drug-likeness (QED) is 0.169. The molecule has 0 radical (unpaired) electrons. The van der Waals surface area contributed by atoms with Gasteiger partial charge >= 0.3 is 6.18 Å². The van der Waals surface area contributed by atoms with Gasteiger partial charge < -0.3 is 20.9 Å². The Hall–Kier alpha value is -3.97. The average molecular weight is 640 g/mol. The van der Waals surface area contributed by atoms with Crippen LogP contribution in [0.3, 0.4) is 0 Å². The Bertz CT molecular complexity index is 1700. The molecule has 1 aromatic carbocycles. The lowest BCUT2D eigenvalue weighted by Gasteiger charge is -2.14. The molecule has 40 heavy (non-hydrogen) atoms. The van der Waals surface area contributed by atoms with Crippen molar-refractivity contribution in [2.45, 2.75) is 13.1 Å². The molecule has 2 amide bonds. The zero-order chi connectivity index (χ0) is 29.5. The van der Waals surface area contributed by atoms with Gasteiger partial charge in [-0.1, -0.05) is 24.2 Å². The maximum atomic E-state index is 13.2. The van der Waals surface area contributed by atoms with E-state index in [9.17, 15) is 27.2 Å². The minimum atomic E-state index is -4.60. The molecule has 4 rings (SSSR count). The average Bonchev–Trinajstić information content (AvgIpc) is 3.18. The van der Waals surface area contributed by atoms with E-state index in [1.54, 1.807) is 43.7 Å². The number of anilines is 2. The minimum absolute atomic E-state index is 0.178. The van der Waals surface area contributed by atoms with E-state index in [1.165, 1.54) is 12.3 Å². The molecule has 3 heterocycles. The summed E-state index contributed by atoms with van der Waals surface area (Å²) in [5.41, 5.74) is 9.91. The second kappa shape index (κ2) is 10.9. The van der Waals surface area contributed by atoms with E-state index in [2.05, 4.69) is 37.8 Å². The van der Waals surface area contributed by atoms with Crippen LogP contribution in [0.5, 0.6) is 0 Å². The van der Waals surface area contributed by atoms with Gasteiger partial charge in [-0.25, -0.2) is 14.4 Å². The molecule has 0 unspecified atom stereocenters. The molecule has 4 aromatic rings. The van der Waals surface area contributed by atoms with Crippen molar-refractivity contribution in [1.29, 1.82) is 0 Å². The first kappa shape index (κ1) is 29.0. The number of aromatic nitrogens is 3. The van der Waals surface area contributed by atoms with Crippen LogP contribution in [0.25, 0.3) is 33.3 Å². The van der Waals surface area contributed by atoms with Crippen LogP contribution < -0.4 is 16.4 Å². The lowest BCUT2D eigenvalue weighted by atomic mass is 9.96. The van der Waals surface area contributed by atoms with Crippen LogP contribution in [0.2, 0.25) is 5.02 Å². The number of nitrogen functional groups attached to an aromatic ring is 1. The number of amides is 2. The van der Waals surface area contributed by atoms with Crippen molar-refractivity contribution in [3.8, 4) is 22.4 Å². The number of fused-ring (bicyclic) bond motifs is 1. The molecule has 14 heteroatoms. The number of carbonyl (C=O) groups excluding carboxylic acids is 2. The number of nitrogens with one attached hydrogen (secondary N) is 2. The van der Waals surface area contributed by atoms with Crippen LogP contribution in [0.4, 0.5) is 29.1 Å². The molecule has 208 valence electrons. The van der Waals surface area contributed by atoms with Crippen LogP contribution in [-0.2, 0) is 11.8 Å².